The van der Waals surface area contributed by atoms with E-state index in [2.05, 4.69) is 15.6 Å². The van der Waals surface area contributed by atoms with Crippen LogP contribution in [0.2, 0.25) is 10.0 Å². The van der Waals surface area contributed by atoms with Crippen molar-refractivity contribution in [2.75, 3.05) is 19.6 Å². The molecule has 2 aliphatic rings. The Balaban J connectivity index is 1.34. The van der Waals surface area contributed by atoms with Crippen LogP contribution < -0.4 is 10.6 Å². The number of benzene rings is 2. The molecule has 2 amide bonds. The van der Waals surface area contributed by atoms with E-state index in [0.717, 1.165) is 18.2 Å². The van der Waals surface area contributed by atoms with Gasteiger partial charge in [0.25, 0.3) is 11.8 Å². The van der Waals surface area contributed by atoms with Crippen molar-refractivity contribution in [3.63, 3.8) is 0 Å². The summed E-state index contributed by atoms with van der Waals surface area (Å²) in [7, 11) is 0. The standard InChI is InChI=1S/C27H24Cl2N6O5/c28-19-11-17-13-35(25(37)16-4-3-15-6-10-40-20(15)12-16)9-5-18(17)22(29)21(19)24(36)32-23(26(38)39)33-27(31-14-30)34-7-1-2-8-34/h3-4,6,10-12,23H,1-2,5,7-9,13H2,(H,31,33)(H,32,36)(H,38,39). The van der Waals surface area contributed by atoms with Gasteiger partial charge in [-0.25, -0.2) is 4.79 Å². The monoisotopic (exact) mass is 582 g/mol. The van der Waals surface area contributed by atoms with Gasteiger partial charge in [0.15, 0.2) is 0 Å². The number of carboxylic acid groups (broad SMARTS) is 1. The molecule has 1 unspecified atom stereocenters. The molecule has 2 aromatic carbocycles. The van der Waals surface area contributed by atoms with Crippen molar-refractivity contribution >= 4 is 57.9 Å². The molecule has 0 aliphatic carbocycles. The zero-order valence-corrected chi connectivity index (χ0v) is 22.6. The lowest BCUT2D eigenvalue weighted by Crippen LogP contribution is -2.56. The lowest BCUT2D eigenvalue weighted by atomic mass is 9.96. The summed E-state index contributed by atoms with van der Waals surface area (Å²) in [6.45, 7) is 1.79. The van der Waals surface area contributed by atoms with E-state index < -0.39 is 18.0 Å². The van der Waals surface area contributed by atoms with E-state index in [-0.39, 0.29) is 34.0 Å². The largest absolute Gasteiger partial charge is 0.478 e. The van der Waals surface area contributed by atoms with E-state index in [1.54, 1.807) is 40.5 Å². The van der Waals surface area contributed by atoms with Crippen molar-refractivity contribution in [1.82, 2.24) is 20.4 Å². The van der Waals surface area contributed by atoms with Gasteiger partial charge in [-0.3, -0.25) is 9.59 Å². The Labute approximate surface area is 238 Å². The van der Waals surface area contributed by atoms with E-state index in [1.807, 2.05) is 12.1 Å². The number of carbonyl (C=O) groups excluding carboxylic acids is 2. The molecule has 0 bridgehead atoms. The molecule has 1 aromatic heterocycles. The van der Waals surface area contributed by atoms with Crippen LogP contribution in [0.1, 0.15) is 44.7 Å². The molecule has 1 atom stereocenters. The van der Waals surface area contributed by atoms with Crippen LogP contribution >= 0.6 is 23.2 Å². The van der Waals surface area contributed by atoms with Crippen molar-refractivity contribution in [1.29, 1.82) is 5.26 Å². The number of aliphatic imine (C=N–C) groups is 1. The number of rotatable bonds is 5. The first-order valence-corrected chi connectivity index (χ1v) is 13.3. The average Bonchev–Trinajstić information content (AvgIpc) is 3.63. The molecular weight excluding hydrogens is 559 g/mol. The Bertz CT molecular complexity index is 1570. The van der Waals surface area contributed by atoms with E-state index >= 15 is 0 Å². The predicted octanol–water partition coefficient (Wildman–Crippen LogP) is 3.60. The predicted molar refractivity (Wildman–Crippen MR) is 147 cm³/mol. The molecule has 0 spiro atoms. The highest BCUT2D eigenvalue weighted by Gasteiger charge is 2.31. The van der Waals surface area contributed by atoms with Gasteiger partial charge in [-0.15, -0.1) is 4.99 Å². The third-order valence-electron chi connectivity index (χ3n) is 6.98. The van der Waals surface area contributed by atoms with Crippen molar-refractivity contribution in [3.8, 4) is 6.19 Å². The van der Waals surface area contributed by atoms with Crippen molar-refractivity contribution < 1.29 is 23.9 Å². The summed E-state index contributed by atoms with van der Waals surface area (Å²) in [5, 5.41) is 24.8. The minimum atomic E-state index is -1.59. The summed E-state index contributed by atoms with van der Waals surface area (Å²) in [5.74, 6) is -2.31. The molecule has 206 valence electrons. The van der Waals surface area contributed by atoms with Gasteiger partial charge in [0.1, 0.15) is 5.58 Å². The number of hydrogen-bond acceptors (Lipinski definition) is 6. The Kier molecular flexibility index (Phi) is 7.82. The van der Waals surface area contributed by atoms with Crippen LogP contribution in [-0.2, 0) is 17.8 Å². The van der Waals surface area contributed by atoms with Crippen LogP contribution in [0.25, 0.3) is 11.0 Å². The first-order chi connectivity index (χ1) is 19.3. The Hall–Kier alpha value is -4.27. The number of furan rings is 1. The lowest BCUT2D eigenvalue weighted by molar-refractivity contribution is -0.139. The molecule has 13 heteroatoms. The second-order valence-electron chi connectivity index (χ2n) is 9.45. The number of aliphatic carboxylic acids is 1. The SMILES string of the molecule is N#C/N=C(/NC(NC(=O)c1c(Cl)cc2c(c1Cl)CCN(C(=O)c1ccc3ccoc3c1)C2)C(=O)O)N1CCCC1. The number of carbonyl (C=O) groups is 3. The number of nitrogens with zero attached hydrogens (tertiary/aromatic N) is 4. The average molecular weight is 583 g/mol. The maximum absolute atomic E-state index is 13.2. The first kappa shape index (κ1) is 27.3. The third kappa shape index (κ3) is 5.41. The molecular formula is C27H24Cl2N6O5. The van der Waals surface area contributed by atoms with Crippen LogP contribution in [0.4, 0.5) is 0 Å². The van der Waals surface area contributed by atoms with Crippen LogP contribution in [0.5, 0.6) is 0 Å². The number of halogens is 2. The Morgan fingerprint density at radius 3 is 2.58 bits per heavy atom. The minimum Gasteiger partial charge on any atom is -0.478 e. The first-order valence-electron chi connectivity index (χ1n) is 12.5. The van der Waals surface area contributed by atoms with Crippen molar-refractivity contribution in [2.45, 2.75) is 32.0 Å². The van der Waals surface area contributed by atoms with Crippen molar-refractivity contribution in [2.24, 2.45) is 4.99 Å². The van der Waals surface area contributed by atoms with Gasteiger partial charge in [-0.1, -0.05) is 29.3 Å². The Morgan fingerprint density at radius 2 is 1.85 bits per heavy atom. The number of likely N-dealkylation sites (tertiary alicyclic amines) is 1. The van der Waals surface area contributed by atoms with Crippen LogP contribution in [0.3, 0.4) is 0 Å². The summed E-state index contributed by atoms with van der Waals surface area (Å²) < 4.78 is 5.41. The second-order valence-corrected chi connectivity index (χ2v) is 10.2. The second kappa shape index (κ2) is 11.5. The normalized spacial score (nSPS) is 15.9. The highest BCUT2D eigenvalue weighted by atomic mass is 35.5. The Morgan fingerprint density at radius 1 is 1.07 bits per heavy atom. The number of hydrogen-bond donors (Lipinski definition) is 3. The molecule has 2 aliphatic heterocycles. The topological polar surface area (TPSA) is 151 Å². The van der Waals surface area contributed by atoms with Gasteiger partial charge in [0.2, 0.25) is 18.3 Å². The van der Waals surface area contributed by atoms with Crippen molar-refractivity contribution in [3.05, 3.63) is 68.9 Å². The molecule has 3 aromatic rings. The van der Waals surface area contributed by atoms with Crippen LogP contribution in [-0.4, -0.2) is 64.4 Å². The number of carboxylic acids is 1. The molecule has 3 N–H and O–H groups in total. The van der Waals surface area contributed by atoms with E-state index in [0.29, 0.717) is 48.3 Å². The minimum absolute atomic E-state index is 0.0159. The van der Waals surface area contributed by atoms with E-state index in [4.69, 9.17) is 32.9 Å². The third-order valence-corrected chi connectivity index (χ3v) is 7.69. The highest BCUT2D eigenvalue weighted by molar-refractivity contribution is 6.40. The zero-order chi connectivity index (χ0) is 28.4. The molecule has 1 saturated heterocycles. The molecule has 5 rings (SSSR count). The number of guanidine groups is 1. The summed E-state index contributed by atoms with van der Waals surface area (Å²) >= 11 is 13.1. The van der Waals surface area contributed by atoms with E-state index in [1.165, 1.54) is 0 Å². The lowest BCUT2D eigenvalue weighted by Gasteiger charge is -2.30. The maximum atomic E-state index is 13.2. The number of amides is 2. The fourth-order valence-electron chi connectivity index (χ4n) is 4.97. The van der Waals surface area contributed by atoms with Gasteiger partial charge in [0.05, 0.1) is 21.9 Å². The molecule has 1 fully saturated rings. The van der Waals surface area contributed by atoms with Gasteiger partial charge in [0, 0.05) is 37.1 Å². The molecule has 0 saturated carbocycles. The van der Waals surface area contributed by atoms with Gasteiger partial charge >= 0.3 is 5.97 Å². The highest BCUT2D eigenvalue weighted by Crippen LogP contribution is 2.35. The molecule has 0 radical (unpaired) electrons. The van der Waals surface area contributed by atoms with Crippen LogP contribution in [0, 0.1) is 11.5 Å². The summed E-state index contributed by atoms with van der Waals surface area (Å²) in [6, 6.07) is 8.65. The van der Waals surface area contributed by atoms with Crippen LogP contribution in [0.15, 0.2) is 46.0 Å². The quantitative estimate of drug-likeness (QED) is 0.178. The maximum Gasteiger partial charge on any atom is 0.347 e. The summed E-state index contributed by atoms with van der Waals surface area (Å²) in [6.07, 6.45) is 3.75. The van der Waals surface area contributed by atoms with Gasteiger partial charge in [-0.2, -0.15) is 5.26 Å². The number of fused-ring (bicyclic) bond motifs is 2. The molecule has 3 heterocycles. The van der Waals surface area contributed by atoms with Gasteiger partial charge < -0.3 is 30.0 Å². The summed E-state index contributed by atoms with van der Waals surface area (Å²) in [5.41, 5.74) is 2.38. The molecule has 11 nitrogen and oxygen atoms in total. The summed E-state index contributed by atoms with van der Waals surface area (Å²) in [4.78, 5) is 45.5. The van der Waals surface area contributed by atoms with Gasteiger partial charge in [-0.05, 0) is 54.7 Å². The number of nitrogens with one attached hydrogen (secondary N) is 2. The fourth-order valence-corrected chi connectivity index (χ4v) is 5.73. The fraction of sp³-hybridized carbons (Fsp3) is 0.296. The van der Waals surface area contributed by atoms with E-state index in [9.17, 15) is 19.5 Å². The molecule has 40 heavy (non-hydrogen) atoms. The number of nitriles is 1. The smallest absolute Gasteiger partial charge is 0.347 e. The zero-order valence-electron chi connectivity index (χ0n) is 21.1.